The van der Waals surface area contributed by atoms with Crippen molar-refractivity contribution in [2.75, 3.05) is 0 Å². The van der Waals surface area contributed by atoms with Crippen molar-refractivity contribution in [2.24, 2.45) is 0 Å². The molecule has 5 heteroatoms. The largest absolute Gasteiger partial charge is 0.489 e. The number of benzene rings is 1. The van der Waals surface area contributed by atoms with E-state index in [2.05, 4.69) is 10.3 Å². The molecule has 3 rings (SSSR count). The monoisotopic (exact) mass is 358 g/mol. The van der Waals surface area contributed by atoms with E-state index in [1.54, 1.807) is 12.3 Å². The second-order valence-electron chi connectivity index (χ2n) is 6.58. The third kappa shape index (κ3) is 4.31. The lowest BCUT2D eigenvalue weighted by atomic mass is 9.92. The SMILES string of the molecule is Cc1cccc(Cl)c1C(=O)NC1CCC(Oc2cccnc2C)CC1. The molecule has 0 bridgehead atoms. The minimum absolute atomic E-state index is 0.0874. The van der Waals surface area contributed by atoms with E-state index in [0.29, 0.717) is 10.6 Å². The molecule has 1 fully saturated rings. The van der Waals surface area contributed by atoms with Gasteiger partial charge in [0.2, 0.25) is 0 Å². The number of nitrogens with zero attached hydrogens (tertiary/aromatic N) is 1. The number of aromatic nitrogens is 1. The minimum atomic E-state index is -0.0874. The number of amides is 1. The molecule has 0 saturated heterocycles. The van der Waals surface area contributed by atoms with Crippen LogP contribution in [0.5, 0.6) is 5.75 Å². The van der Waals surface area contributed by atoms with Crippen LogP contribution >= 0.6 is 11.6 Å². The van der Waals surface area contributed by atoms with Crippen LogP contribution in [0.4, 0.5) is 0 Å². The van der Waals surface area contributed by atoms with E-state index in [0.717, 1.165) is 42.7 Å². The maximum atomic E-state index is 12.5. The summed E-state index contributed by atoms with van der Waals surface area (Å²) < 4.78 is 6.07. The van der Waals surface area contributed by atoms with E-state index in [1.165, 1.54) is 0 Å². The second-order valence-corrected chi connectivity index (χ2v) is 6.99. The zero-order chi connectivity index (χ0) is 17.8. The van der Waals surface area contributed by atoms with Crippen LogP contribution < -0.4 is 10.1 Å². The summed E-state index contributed by atoms with van der Waals surface area (Å²) in [6.45, 7) is 3.86. The first-order valence-electron chi connectivity index (χ1n) is 8.69. The summed E-state index contributed by atoms with van der Waals surface area (Å²) in [5, 5.41) is 3.62. The highest BCUT2D eigenvalue weighted by Gasteiger charge is 2.25. The highest BCUT2D eigenvalue weighted by molar-refractivity contribution is 6.34. The first-order chi connectivity index (χ1) is 12.0. The molecule has 0 atom stereocenters. The first kappa shape index (κ1) is 17.7. The van der Waals surface area contributed by atoms with Gasteiger partial charge in [0, 0.05) is 12.2 Å². The predicted octanol–water partition coefficient (Wildman–Crippen LogP) is 4.47. The molecule has 25 heavy (non-hydrogen) atoms. The van der Waals surface area contributed by atoms with Gasteiger partial charge in [-0.25, -0.2) is 0 Å². The Morgan fingerprint density at radius 2 is 1.92 bits per heavy atom. The standard InChI is InChI=1S/C20H23ClN2O2/c1-13-5-3-6-17(21)19(13)20(24)23-15-8-10-16(11-9-15)25-18-7-4-12-22-14(18)2/h3-7,12,15-16H,8-11H2,1-2H3,(H,23,24). The number of rotatable bonds is 4. The van der Waals surface area contributed by atoms with E-state index in [9.17, 15) is 4.79 Å². The Kier molecular flexibility index (Phi) is 5.59. The molecule has 1 heterocycles. The summed E-state index contributed by atoms with van der Waals surface area (Å²) in [6, 6.07) is 9.53. The van der Waals surface area contributed by atoms with Crippen LogP contribution in [-0.2, 0) is 0 Å². The number of carbonyl (C=O) groups is 1. The molecule has 1 aliphatic rings. The minimum Gasteiger partial charge on any atom is -0.489 e. The molecule has 1 aliphatic carbocycles. The highest BCUT2D eigenvalue weighted by atomic mass is 35.5. The van der Waals surface area contributed by atoms with Crippen molar-refractivity contribution in [1.29, 1.82) is 0 Å². The molecule has 1 amide bonds. The zero-order valence-electron chi connectivity index (χ0n) is 14.6. The Bertz CT molecular complexity index is 735. The number of hydrogen-bond donors (Lipinski definition) is 1. The fourth-order valence-corrected chi connectivity index (χ4v) is 3.58. The van der Waals surface area contributed by atoms with Gasteiger partial charge in [-0.05, 0) is 63.3 Å². The van der Waals surface area contributed by atoms with Gasteiger partial charge < -0.3 is 10.1 Å². The normalized spacial score (nSPS) is 20.1. The Balaban J connectivity index is 1.54. The first-order valence-corrected chi connectivity index (χ1v) is 9.06. The van der Waals surface area contributed by atoms with Crippen LogP contribution in [0, 0.1) is 13.8 Å². The average molecular weight is 359 g/mol. The number of carbonyl (C=O) groups excluding carboxylic acids is 1. The van der Waals surface area contributed by atoms with Crippen LogP contribution in [0.25, 0.3) is 0 Å². The second kappa shape index (κ2) is 7.87. The Labute approximate surface area is 153 Å². The lowest BCUT2D eigenvalue weighted by Crippen LogP contribution is -2.40. The van der Waals surface area contributed by atoms with Gasteiger partial charge in [-0.3, -0.25) is 9.78 Å². The van der Waals surface area contributed by atoms with Crippen molar-refractivity contribution in [1.82, 2.24) is 10.3 Å². The van der Waals surface area contributed by atoms with E-state index in [4.69, 9.17) is 16.3 Å². The van der Waals surface area contributed by atoms with Crippen LogP contribution in [0.1, 0.15) is 47.3 Å². The number of pyridine rings is 1. The summed E-state index contributed by atoms with van der Waals surface area (Å²) in [7, 11) is 0. The van der Waals surface area contributed by atoms with Gasteiger partial charge in [0.05, 0.1) is 22.4 Å². The van der Waals surface area contributed by atoms with Crippen molar-refractivity contribution in [2.45, 2.75) is 51.7 Å². The number of aryl methyl sites for hydroxylation is 2. The van der Waals surface area contributed by atoms with Gasteiger partial charge in [-0.1, -0.05) is 23.7 Å². The molecule has 0 unspecified atom stereocenters. The van der Waals surface area contributed by atoms with Crippen molar-refractivity contribution >= 4 is 17.5 Å². The number of halogens is 1. The van der Waals surface area contributed by atoms with Gasteiger partial charge >= 0.3 is 0 Å². The predicted molar refractivity (Wildman–Crippen MR) is 99.3 cm³/mol. The molecule has 1 aromatic heterocycles. The lowest BCUT2D eigenvalue weighted by Gasteiger charge is -2.30. The lowest BCUT2D eigenvalue weighted by molar-refractivity contribution is 0.0892. The Hall–Kier alpha value is -2.07. The number of nitrogens with one attached hydrogen (secondary N) is 1. The maximum Gasteiger partial charge on any atom is 0.253 e. The van der Waals surface area contributed by atoms with E-state index in [1.807, 2.05) is 38.1 Å². The van der Waals surface area contributed by atoms with Crippen molar-refractivity contribution in [3.63, 3.8) is 0 Å². The molecule has 132 valence electrons. The quantitative estimate of drug-likeness (QED) is 0.877. The summed E-state index contributed by atoms with van der Waals surface area (Å²) >= 11 is 6.18. The smallest absolute Gasteiger partial charge is 0.253 e. The molecule has 2 aromatic rings. The Morgan fingerprint density at radius 3 is 2.60 bits per heavy atom. The van der Waals surface area contributed by atoms with Crippen LogP contribution in [0.15, 0.2) is 36.5 Å². The zero-order valence-corrected chi connectivity index (χ0v) is 15.3. The van der Waals surface area contributed by atoms with Gasteiger partial charge in [-0.2, -0.15) is 0 Å². The molecule has 1 aromatic carbocycles. The molecule has 0 radical (unpaired) electrons. The van der Waals surface area contributed by atoms with Crippen molar-refractivity contribution in [3.05, 3.63) is 58.4 Å². The van der Waals surface area contributed by atoms with Gasteiger partial charge in [-0.15, -0.1) is 0 Å². The van der Waals surface area contributed by atoms with Gasteiger partial charge in [0.1, 0.15) is 5.75 Å². The van der Waals surface area contributed by atoms with E-state index < -0.39 is 0 Å². The highest BCUT2D eigenvalue weighted by Crippen LogP contribution is 2.26. The third-order valence-corrected chi connectivity index (χ3v) is 5.03. The fourth-order valence-electron chi connectivity index (χ4n) is 3.28. The Morgan fingerprint density at radius 1 is 1.16 bits per heavy atom. The molecule has 0 spiro atoms. The molecular weight excluding hydrogens is 336 g/mol. The van der Waals surface area contributed by atoms with Gasteiger partial charge in [0.25, 0.3) is 5.91 Å². The van der Waals surface area contributed by atoms with Gasteiger partial charge in [0.15, 0.2) is 0 Å². The van der Waals surface area contributed by atoms with Crippen LogP contribution in [0.2, 0.25) is 5.02 Å². The van der Waals surface area contributed by atoms with E-state index in [-0.39, 0.29) is 18.1 Å². The van der Waals surface area contributed by atoms with Crippen LogP contribution in [0.3, 0.4) is 0 Å². The van der Waals surface area contributed by atoms with Crippen molar-refractivity contribution in [3.8, 4) is 5.75 Å². The maximum absolute atomic E-state index is 12.5. The summed E-state index contributed by atoms with van der Waals surface area (Å²) in [5.41, 5.74) is 2.38. The summed E-state index contributed by atoms with van der Waals surface area (Å²) in [6.07, 6.45) is 5.59. The molecule has 1 saturated carbocycles. The number of hydrogen-bond acceptors (Lipinski definition) is 3. The summed E-state index contributed by atoms with van der Waals surface area (Å²) in [4.78, 5) is 16.8. The molecule has 4 nitrogen and oxygen atoms in total. The van der Waals surface area contributed by atoms with E-state index >= 15 is 0 Å². The van der Waals surface area contributed by atoms with Crippen LogP contribution in [-0.4, -0.2) is 23.0 Å². The molecule has 1 N–H and O–H groups in total. The fraction of sp³-hybridized carbons (Fsp3) is 0.400. The topological polar surface area (TPSA) is 51.2 Å². The average Bonchev–Trinajstić information content (AvgIpc) is 2.58. The molecule has 0 aliphatic heterocycles. The summed E-state index contributed by atoms with van der Waals surface area (Å²) in [5.74, 6) is 0.761. The molecular formula is C20H23ClN2O2. The third-order valence-electron chi connectivity index (χ3n) is 4.71. The van der Waals surface area contributed by atoms with Crippen molar-refractivity contribution < 1.29 is 9.53 Å². The number of ether oxygens (including phenoxy) is 1.